The second-order valence-corrected chi connectivity index (χ2v) is 8.53. The van der Waals surface area contributed by atoms with Crippen molar-refractivity contribution < 1.29 is 9.18 Å². The number of halogens is 1. The molecule has 0 saturated carbocycles. The molecule has 0 unspecified atom stereocenters. The van der Waals surface area contributed by atoms with Crippen LogP contribution in [0.2, 0.25) is 0 Å². The summed E-state index contributed by atoms with van der Waals surface area (Å²) in [7, 11) is 0. The van der Waals surface area contributed by atoms with E-state index in [2.05, 4.69) is 15.3 Å². The molecular weight excluding hydrogens is 451 g/mol. The molecule has 1 fully saturated rings. The maximum atomic E-state index is 14.4. The number of amides is 2. The quantitative estimate of drug-likeness (QED) is 0.470. The van der Waals surface area contributed by atoms with E-state index in [-0.39, 0.29) is 23.0 Å². The van der Waals surface area contributed by atoms with Gasteiger partial charge in [0.1, 0.15) is 11.5 Å². The van der Waals surface area contributed by atoms with Crippen molar-refractivity contribution in [2.75, 3.05) is 18.4 Å². The zero-order chi connectivity index (χ0) is 24.5. The lowest BCUT2D eigenvalue weighted by molar-refractivity contribution is 0.184. The molecule has 4 aromatic rings. The van der Waals surface area contributed by atoms with E-state index in [1.54, 1.807) is 46.1 Å². The predicted octanol–water partition coefficient (Wildman–Crippen LogP) is 3.58. The van der Waals surface area contributed by atoms with Crippen molar-refractivity contribution in [3.8, 4) is 11.1 Å². The van der Waals surface area contributed by atoms with Gasteiger partial charge < -0.3 is 14.8 Å². The van der Waals surface area contributed by atoms with Crippen LogP contribution < -0.4 is 16.6 Å². The zero-order valence-corrected chi connectivity index (χ0v) is 19.2. The molecule has 1 aliphatic rings. The van der Waals surface area contributed by atoms with Gasteiger partial charge in [-0.1, -0.05) is 18.2 Å². The number of carbonyl (C=O) groups excluding carboxylic acids is 1. The highest BCUT2D eigenvalue weighted by Crippen LogP contribution is 2.26. The first-order valence-electron chi connectivity index (χ1n) is 11.6. The van der Waals surface area contributed by atoms with Crippen LogP contribution >= 0.6 is 0 Å². The van der Waals surface area contributed by atoms with Crippen molar-refractivity contribution in [2.24, 2.45) is 0 Å². The van der Waals surface area contributed by atoms with E-state index >= 15 is 0 Å². The molecule has 1 saturated heterocycles. The largest absolute Gasteiger partial charge is 0.327 e. The number of urea groups is 1. The van der Waals surface area contributed by atoms with E-state index in [1.165, 1.54) is 16.7 Å². The smallest absolute Gasteiger partial charge is 0.324 e. The van der Waals surface area contributed by atoms with Gasteiger partial charge in [0, 0.05) is 49.2 Å². The summed E-state index contributed by atoms with van der Waals surface area (Å²) in [5, 5.41) is 2.72. The lowest BCUT2D eigenvalue weighted by Crippen LogP contribution is -2.43. The Hall–Kier alpha value is -4.21. The number of imidazole rings is 1. The molecule has 0 radical (unpaired) electrons. The summed E-state index contributed by atoms with van der Waals surface area (Å²) in [5.74, 6) is -0.407. The number of aromatic amines is 1. The van der Waals surface area contributed by atoms with Crippen LogP contribution in [0.25, 0.3) is 22.3 Å². The number of nitrogens with zero attached hydrogens (tertiary/aromatic N) is 4. The molecule has 4 heterocycles. The second-order valence-electron chi connectivity index (χ2n) is 8.53. The first kappa shape index (κ1) is 22.6. The van der Waals surface area contributed by atoms with Gasteiger partial charge in [-0.25, -0.2) is 19.0 Å². The highest BCUT2D eigenvalue weighted by Gasteiger charge is 2.27. The van der Waals surface area contributed by atoms with E-state index < -0.39 is 11.8 Å². The van der Waals surface area contributed by atoms with E-state index in [4.69, 9.17) is 0 Å². The van der Waals surface area contributed by atoms with Crippen LogP contribution in [0.3, 0.4) is 0 Å². The monoisotopic (exact) mass is 476 g/mol. The number of hydrogen-bond acceptors (Lipinski definition) is 4. The topological polar surface area (TPSA) is 105 Å². The lowest BCUT2D eigenvalue weighted by atomic mass is 10.0. The number of fused-ring (bicyclic) bond motifs is 1. The average molecular weight is 477 g/mol. The Morgan fingerprint density at radius 1 is 1.17 bits per heavy atom. The Bertz CT molecular complexity index is 1510. The molecule has 3 aromatic heterocycles. The van der Waals surface area contributed by atoms with Crippen LogP contribution in [-0.2, 0) is 6.54 Å². The Morgan fingerprint density at radius 3 is 2.69 bits per heavy atom. The normalized spacial score (nSPS) is 14.4. The van der Waals surface area contributed by atoms with Gasteiger partial charge in [0.2, 0.25) is 0 Å². The number of aryl methyl sites for hydroxylation is 1. The van der Waals surface area contributed by atoms with Crippen LogP contribution in [0, 0.1) is 5.82 Å². The van der Waals surface area contributed by atoms with E-state index in [1.807, 2.05) is 13.0 Å². The second kappa shape index (κ2) is 9.21. The molecule has 5 rings (SSSR count). The molecule has 9 nitrogen and oxygen atoms in total. The summed E-state index contributed by atoms with van der Waals surface area (Å²) < 4.78 is 17.5. The number of aromatic nitrogens is 4. The summed E-state index contributed by atoms with van der Waals surface area (Å²) in [6, 6.07) is 11.0. The van der Waals surface area contributed by atoms with Gasteiger partial charge in [0.25, 0.3) is 5.56 Å². The third-order valence-corrected chi connectivity index (χ3v) is 6.46. The average Bonchev–Trinajstić information content (AvgIpc) is 3.21. The van der Waals surface area contributed by atoms with Gasteiger partial charge in [0.15, 0.2) is 5.65 Å². The standard InChI is InChI=1S/C25H25FN6O3/c1-2-30-15-16(18-6-3-4-7-19(18)26)14-20(23(30)33)28-24(34)31-12-9-17(10-13-31)32-21-8-5-11-27-22(21)29-25(32)35/h3-8,11,14-15,17H,2,9-10,12-13H2,1H3,(H,28,34)(H,27,29,35). The van der Waals surface area contributed by atoms with Crippen molar-refractivity contribution in [3.05, 3.63) is 81.5 Å². The van der Waals surface area contributed by atoms with Crippen LogP contribution in [-0.4, -0.2) is 43.1 Å². The van der Waals surface area contributed by atoms with Gasteiger partial charge in [-0.3, -0.25) is 14.3 Å². The molecule has 180 valence electrons. The SMILES string of the molecule is CCn1cc(-c2ccccc2F)cc(NC(=O)N2CCC(n3c(=O)[nH]c4ncccc43)CC2)c1=O. The Labute approximate surface area is 199 Å². The van der Waals surface area contributed by atoms with E-state index in [9.17, 15) is 18.8 Å². The maximum absolute atomic E-state index is 14.4. The van der Waals surface area contributed by atoms with Crippen LogP contribution in [0.5, 0.6) is 0 Å². The third-order valence-electron chi connectivity index (χ3n) is 6.46. The number of H-pyrrole nitrogens is 1. The highest BCUT2D eigenvalue weighted by atomic mass is 19.1. The van der Waals surface area contributed by atoms with E-state index in [0.717, 1.165) is 5.52 Å². The third kappa shape index (κ3) is 4.23. The summed E-state index contributed by atoms with van der Waals surface area (Å²) in [6.07, 6.45) is 4.40. The molecule has 2 amide bonds. The van der Waals surface area contributed by atoms with Crippen LogP contribution in [0.4, 0.5) is 14.9 Å². The van der Waals surface area contributed by atoms with Gasteiger partial charge >= 0.3 is 11.7 Å². The highest BCUT2D eigenvalue weighted by molar-refractivity contribution is 5.90. The molecule has 10 heteroatoms. The molecule has 0 spiro atoms. The van der Waals surface area contributed by atoms with Gasteiger partial charge in [-0.15, -0.1) is 0 Å². The molecule has 1 aliphatic heterocycles. The van der Waals surface area contributed by atoms with Gasteiger partial charge in [-0.2, -0.15) is 0 Å². The van der Waals surface area contributed by atoms with Crippen molar-refractivity contribution >= 4 is 22.9 Å². The van der Waals surface area contributed by atoms with Crippen LogP contribution in [0.15, 0.2) is 64.4 Å². The molecule has 35 heavy (non-hydrogen) atoms. The number of benzene rings is 1. The molecule has 0 aliphatic carbocycles. The van der Waals surface area contributed by atoms with Gasteiger partial charge in [0.05, 0.1) is 5.52 Å². The summed E-state index contributed by atoms with van der Waals surface area (Å²) >= 11 is 0. The Balaban J connectivity index is 1.34. The molecular formula is C25H25FN6O3. The Morgan fingerprint density at radius 2 is 1.94 bits per heavy atom. The number of likely N-dealkylation sites (tertiary alicyclic amines) is 1. The fourth-order valence-corrected chi connectivity index (χ4v) is 4.65. The number of pyridine rings is 2. The Kier molecular flexibility index (Phi) is 5.94. The number of hydrogen-bond donors (Lipinski definition) is 2. The number of carbonyl (C=O) groups is 1. The van der Waals surface area contributed by atoms with Crippen molar-refractivity contribution in [3.63, 3.8) is 0 Å². The molecule has 2 N–H and O–H groups in total. The zero-order valence-electron chi connectivity index (χ0n) is 19.2. The predicted molar refractivity (Wildman–Crippen MR) is 131 cm³/mol. The van der Waals surface area contributed by atoms with Crippen molar-refractivity contribution in [1.82, 2.24) is 24.0 Å². The minimum atomic E-state index is -0.407. The summed E-state index contributed by atoms with van der Waals surface area (Å²) in [5.41, 5.74) is 1.67. The van der Waals surface area contributed by atoms with E-state index in [0.29, 0.717) is 49.2 Å². The molecule has 0 bridgehead atoms. The summed E-state index contributed by atoms with van der Waals surface area (Å²) in [6.45, 7) is 3.03. The lowest BCUT2D eigenvalue weighted by Gasteiger charge is -2.32. The number of anilines is 1. The minimum Gasteiger partial charge on any atom is -0.324 e. The van der Waals surface area contributed by atoms with Crippen LogP contribution in [0.1, 0.15) is 25.8 Å². The first-order chi connectivity index (χ1) is 17.0. The molecule has 1 aromatic carbocycles. The molecule has 0 atom stereocenters. The number of rotatable bonds is 4. The fourth-order valence-electron chi connectivity index (χ4n) is 4.65. The number of nitrogens with one attached hydrogen (secondary N) is 2. The van der Waals surface area contributed by atoms with Crippen molar-refractivity contribution in [1.29, 1.82) is 0 Å². The summed E-state index contributed by atoms with van der Waals surface area (Å²) in [4.78, 5) is 46.9. The maximum Gasteiger partial charge on any atom is 0.327 e. The van der Waals surface area contributed by atoms with Crippen molar-refractivity contribution in [2.45, 2.75) is 32.4 Å². The number of piperidine rings is 1. The minimum absolute atomic E-state index is 0.0637. The van der Waals surface area contributed by atoms with Gasteiger partial charge in [-0.05, 0) is 44.0 Å². The fraction of sp³-hybridized carbons (Fsp3) is 0.280. The first-order valence-corrected chi connectivity index (χ1v) is 11.6.